The second-order valence-corrected chi connectivity index (χ2v) is 4.09. The second kappa shape index (κ2) is 3.64. The molecule has 1 fully saturated rings. The molecular weight excluding hydrogens is 168 g/mol. The molecule has 76 valence electrons. The molecule has 4 heteroatoms. The van der Waals surface area contributed by atoms with E-state index in [1.165, 1.54) is 0 Å². The molecule has 4 N–H and O–H groups in total. The van der Waals surface area contributed by atoms with Gasteiger partial charge in [0.15, 0.2) is 0 Å². The van der Waals surface area contributed by atoms with Crippen LogP contribution in [0.25, 0.3) is 0 Å². The number of carbonyl (C=O) groups excluding carboxylic acids is 1. The Labute approximate surface area is 78.5 Å². The first-order chi connectivity index (χ1) is 5.93. The molecule has 13 heavy (non-hydrogen) atoms. The van der Waals surface area contributed by atoms with Gasteiger partial charge in [-0.3, -0.25) is 4.79 Å². The van der Waals surface area contributed by atoms with E-state index in [0.717, 1.165) is 19.3 Å². The van der Waals surface area contributed by atoms with E-state index in [1.807, 2.05) is 0 Å². The molecule has 0 aromatic heterocycles. The van der Waals surface area contributed by atoms with Gasteiger partial charge >= 0.3 is 0 Å². The number of carbonyl (C=O) groups is 1. The van der Waals surface area contributed by atoms with Crippen LogP contribution in [0.2, 0.25) is 0 Å². The van der Waals surface area contributed by atoms with Crippen molar-refractivity contribution in [1.82, 2.24) is 5.32 Å². The lowest BCUT2D eigenvalue weighted by molar-refractivity contribution is -0.120. The highest BCUT2D eigenvalue weighted by molar-refractivity contribution is 5.79. The molecule has 1 aliphatic rings. The monoisotopic (exact) mass is 186 g/mol. The Morgan fingerprint density at radius 1 is 1.77 bits per heavy atom. The smallest absolute Gasteiger partial charge is 0.234 e. The molecule has 1 amide bonds. The number of hydrogen-bond donors (Lipinski definition) is 3. The number of aliphatic hydroxyl groups is 1. The molecule has 0 aliphatic heterocycles. The summed E-state index contributed by atoms with van der Waals surface area (Å²) in [6.07, 6.45) is 2.69. The minimum absolute atomic E-state index is 0.00463. The molecule has 1 aliphatic carbocycles. The highest BCUT2D eigenvalue weighted by Crippen LogP contribution is 2.29. The molecule has 0 heterocycles. The van der Waals surface area contributed by atoms with Crippen molar-refractivity contribution in [1.29, 1.82) is 0 Å². The van der Waals surface area contributed by atoms with Crippen LogP contribution in [0.15, 0.2) is 0 Å². The standard InChI is InChI=1S/C9H18N2O2/c1-6(8(10)12)11-7-4-3-5-9(7,2)13/h6-7,11,13H,3-5H2,1-2H3,(H2,10,12). The molecule has 0 radical (unpaired) electrons. The number of hydrogen-bond acceptors (Lipinski definition) is 3. The third-order valence-electron chi connectivity index (χ3n) is 2.80. The lowest BCUT2D eigenvalue weighted by Gasteiger charge is -2.28. The van der Waals surface area contributed by atoms with Crippen LogP contribution in [0, 0.1) is 0 Å². The Kier molecular flexibility index (Phi) is 2.93. The highest BCUT2D eigenvalue weighted by atomic mass is 16.3. The molecule has 0 spiro atoms. The average Bonchev–Trinajstić information content (AvgIpc) is 2.30. The number of nitrogens with one attached hydrogen (secondary N) is 1. The van der Waals surface area contributed by atoms with E-state index in [2.05, 4.69) is 5.32 Å². The maximum absolute atomic E-state index is 10.8. The minimum Gasteiger partial charge on any atom is -0.389 e. The summed E-state index contributed by atoms with van der Waals surface area (Å²) in [5, 5.41) is 12.9. The van der Waals surface area contributed by atoms with Crippen molar-refractivity contribution in [2.45, 2.75) is 50.8 Å². The summed E-state index contributed by atoms with van der Waals surface area (Å²) in [4.78, 5) is 10.8. The van der Waals surface area contributed by atoms with Gasteiger partial charge in [0.25, 0.3) is 0 Å². The Hall–Kier alpha value is -0.610. The van der Waals surface area contributed by atoms with Crippen LogP contribution in [0.1, 0.15) is 33.1 Å². The lowest BCUT2D eigenvalue weighted by Crippen LogP contribution is -2.51. The largest absolute Gasteiger partial charge is 0.389 e. The Morgan fingerprint density at radius 3 is 2.77 bits per heavy atom. The summed E-state index contributed by atoms with van der Waals surface area (Å²) in [5.74, 6) is -0.372. The van der Waals surface area contributed by atoms with Gasteiger partial charge in [0.2, 0.25) is 5.91 Å². The molecule has 3 unspecified atom stereocenters. The van der Waals surface area contributed by atoms with Crippen LogP contribution >= 0.6 is 0 Å². The van der Waals surface area contributed by atoms with Gasteiger partial charge in [0.1, 0.15) is 0 Å². The summed E-state index contributed by atoms with van der Waals surface area (Å²) in [6, 6.07) is -0.371. The minimum atomic E-state index is -0.691. The zero-order valence-electron chi connectivity index (χ0n) is 8.21. The van der Waals surface area contributed by atoms with Gasteiger partial charge in [-0.1, -0.05) is 0 Å². The Bertz CT molecular complexity index is 204. The molecule has 4 nitrogen and oxygen atoms in total. The third-order valence-corrected chi connectivity index (χ3v) is 2.80. The predicted molar refractivity (Wildman–Crippen MR) is 50.1 cm³/mol. The van der Waals surface area contributed by atoms with Crippen molar-refractivity contribution in [3.63, 3.8) is 0 Å². The van der Waals surface area contributed by atoms with Crippen molar-refractivity contribution in [3.05, 3.63) is 0 Å². The first kappa shape index (κ1) is 10.5. The number of primary amides is 1. The van der Waals surface area contributed by atoms with Gasteiger partial charge in [-0.25, -0.2) is 0 Å². The highest BCUT2D eigenvalue weighted by Gasteiger charge is 2.37. The normalized spacial score (nSPS) is 36.1. The molecule has 0 aromatic carbocycles. The Balaban J connectivity index is 2.49. The van der Waals surface area contributed by atoms with E-state index < -0.39 is 5.60 Å². The predicted octanol–water partition coefficient (Wildman–Crippen LogP) is -0.247. The fraction of sp³-hybridized carbons (Fsp3) is 0.889. The number of nitrogens with two attached hydrogens (primary N) is 1. The second-order valence-electron chi connectivity index (χ2n) is 4.09. The lowest BCUT2D eigenvalue weighted by atomic mass is 10.00. The number of amides is 1. The molecular formula is C9H18N2O2. The molecule has 0 aromatic rings. The molecule has 3 atom stereocenters. The zero-order valence-corrected chi connectivity index (χ0v) is 8.21. The summed E-state index contributed by atoms with van der Waals surface area (Å²) in [5.41, 5.74) is 4.43. The maximum atomic E-state index is 10.8. The van der Waals surface area contributed by atoms with E-state index in [9.17, 15) is 9.90 Å². The van der Waals surface area contributed by atoms with Crippen LogP contribution in [0.3, 0.4) is 0 Å². The topological polar surface area (TPSA) is 75.3 Å². The Morgan fingerprint density at radius 2 is 2.38 bits per heavy atom. The summed E-state index contributed by atoms with van der Waals surface area (Å²) in [7, 11) is 0. The van der Waals surface area contributed by atoms with Crippen LogP contribution in [-0.2, 0) is 4.79 Å². The van der Waals surface area contributed by atoms with Crippen molar-refractivity contribution in [3.8, 4) is 0 Å². The van der Waals surface area contributed by atoms with E-state index in [-0.39, 0.29) is 18.0 Å². The maximum Gasteiger partial charge on any atom is 0.234 e. The summed E-state index contributed by atoms with van der Waals surface area (Å²) < 4.78 is 0. The first-order valence-electron chi connectivity index (χ1n) is 4.71. The third kappa shape index (κ3) is 2.42. The van der Waals surface area contributed by atoms with Crippen LogP contribution < -0.4 is 11.1 Å². The molecule has 0 bridgehead atoms. The quantitative estimate of drug-likeness (QED) is 0.569. The molecule has 0 saturated heterocycles. The molecule has 1 saturated carbocycles. The van der Waals surface area contributed by atoms with E-state index in [1.54, 1.807) is 13.8 Å². The van der Waals surface area contributed by atoms with E-state index >= 15 is 0 Å². The van der Waals surface area contributed by atoms with E-state index in [0.29, 0.717) is 0 Å². The van der Waals surface area contributed by atoms with Crippen molar-refractivity contribution < 1.29 is 9.90 Å². The van der Waals surface area contributed by atoms with E-state index in [4.69, 9.17) is 5.73 Å². The average molecular weight is 186 g/mol. The van der Waals surface area contributed by atoms with Crippen LogP contribution in [-0.4, -0.2) is 28.7 Å². The van der Waals surface area contributed by atoms with Gasteiger partial charge in [0.05, 0.1) is 11.6 Å². The van der Waals surface area contributed by atoms with Crippen molar-refractivity contribution in [2.24, 2.45) is 5.73 Å². The zero-order chi connectivity index (χ0) is 10.1. The summed E-state index contributed by atoms with van der Waals surface area (Å²) in [6.45, 7) is 3.52. The van der Waals surface area contributed by atoms with Gasteiger partial charge < -0.3 is 16.2 Å². The van der Waals surface area contributed by atoms with Gasteiger partial charge in [-0.2, -0.15) is 0 Å². The van der Waals surface area contributed by atoms with Gasteiger partial charge in [-0.15, -0.1) is 0 Å². The summed E-state index contributed by atoms with van der Waals surface area (Å²) >= 11 is 0. The fourth-order valence-electron chi connectivity index (χ4n) is 1.80. The fourth-order valence-corrected chi connectivity index (χ4v) is 1.80. The SMILES string of the molecule is CC(NC1CCCC1(C)O)C(N)=O. The number of rotatable bonds is 3. The first-order valence-corrected chi connectivity index (χ1v) is 4.71. The van der Waals surface area contributed by atoms with Gasteiger partial charge in [0, 0.05) is 6.04 Å². The van der Waals surface area contributed by atoms with Crippen molar-refractivity contribution >= 4 is 5.91 Å². The molecule has 1 rings (SSSR count). The van der Waals surface area contributed by atoms with Crippen LogP contribution in [0.5, 0.6) is 0 Å². The van der Waals surface area contributed by atoms with Crippen LogP contribution in [0.4, 0.5) is 0 Å². The van der Waals surface area contributed by atoms with Gasteiger partial charge in [-0.05, 0) is 33.1 Å². The van der Waals surface area contributed by atoms with Crippen molar-refractivity contribution in [2.75, 3.05) is 0 Å².